The van der Waals surface area contributed by atoms with Crippen LogP contribution in [0.5, 0.6) is 0 Å². The Labute approximate surface area is 219 Å². The molecule has 35 heavy (non-hydrogen) atoms. The molecule has 2 unspecified atom stereocenters. The number of carbonyl (C=O) groups excluding carboxylic acids is 1. The number of nitrogens with one attached hydrogen (secondary N) is 1. The van der Waals surface area contributed by atoms with Gasteiger partial charge in [-0.1, -0.05) is 155 Å². The third-order valence-electron chi connectivity index (χ3n) is 7.37. The molecule has 0 spiro atoms. The summed E-state index contributed by atoms with van der Waals surface area (Å²) >= 11 is 0. The Morgan fingerprint density at radius 3 is 1.29 bits per heavy atom. The van der Waals surface area contributed by atoms with E-state index in [9.17, 15) is 15.0 Å². The molecule has 0 aromatic heterocycles. The fourth-order valence-corrected chi connectivity index (χ4v) is 4.89. The van der Waals surface area contributed by atoms with Gasteiger partial charge in [-0.2, -0.15) is 0 Å². The zero-order valence-electron chi connectivity index (χ0n) is 23.8. The summed E-state index contributed by atoms with van der Waals surface area (Å²) in [4.78, 5) is 12.2. The van der Waals surface area contributed by atoms with E-state index >= 15 is 0 Å². The molecular formula is C31H63NO3. The summed E-state index contributed by atoms with van der Waals surface area (Å²) in [5.74, 6) is -0.0336. The van der Waals surface area contributed by atoms with E-state index < -0.39 is 12.1 Å². The van der Waals surface area contributed by atoms with E-state index in [1.54, 1.807) is 0 Å². The van der Waals surface area contributed by atoms with E-state index in [-0.39, 0.29) is 12.5 Å². The zero-order chi connectivity index (χ0) is 25.8. The van der Waals surface area contributed by atoms with Crippen LogP contribution >= 0.6 is 0 Å². The Bertz CT molecular complexity index is 429. The van der Waals surface area contributed by atoms with Gasteiger partial charge in [-0.05, 0) is 12.8 Å². The number of aliphatic hydroxyl groups excluding tert-OH is 2. The van der Waals surface area contributed by atoms with Crippen LogP contribution in [0.3, 0.4) is 0 Å². The average molecular weight is 498 g/mol. The summed E-state index contributed by atoms with van der Waals surface area (Å²) in [5.41, 5.74) is 0. The van der Waals surface area contributed by atoms with Crippen LogP contribution in [0, 0.1) is 0 Å². The molecule has 0 bridgehead atoms. The zero-order valence-corrected chi connectivity index (χ0v) is 23.8. The predicted molar refractivity (Wildman–Crippen MR) is 152 cm³/mol. The molecule has 0 aromatic carbocycles. The number of hydrogen-bond donors (Lipinski definition) is 3. The van der Waals surface area contributed by atoms with Crippen molar-refractivity contribution < 1.29 is 15.0 Å². The standard InChI is InChI=1S/C31H63NO3/c1-3-5-7-9-11-13-14-15-16-17-18-19-21-23-25-27-31(35)32-29(28-33)30(34)26-24-22-20-12-10-8-6-4-2/h29-30,33-34H,3-28H2,1-2H3,(H,32,35). The molecule has 1 amide bonds. The van der Waals surface area contributed by atoms with Crippen LogP contribution in [0.15, 0.2) is 0 Å². The highest BCUT2D eigenvalue weighted by Gasteiger charge is 2.19. The molecule has 4 nitrogen and oxygen atoms in total. The molecule has 0 radical (unpaired) electrons. The summed E-state index contributed by atoms with van der Waals surface area (Å²) in [5, 5.41) is 22.8. The smallest absolute Gasteiger partial charge is 0.220 e. The van der Waals surface area contributed by atoms with Crippen molar-refractivity contribution in [2.45, 2.75) is 187 Å². The third kappa shape index (κ3) is 24.8. The van der Waals surface area contributed by atoms with Crippen molar-refractivity contribution in [1.29, 1.82) is 0 Å². The van der Waals surface area contributed by atoms with Crippen molar-refractivity contribution in [3.63, 3.8) is 0 Å². The Morgan fingerprint density at radius 2 is 0.914 bits per heavy atom. The van der Waals surface area contributed by atoms with Gasteiger partial charge in [0.25, 0.3) is 0 Å². The number of aliphatic hydroxyl groups is 2. The van der Waals surface area contributed by atoms with Gasteiger partial charge in [-0.25, -0.2) is 0 Å². The van der Waals surface area contributed by atoms with Gasteiger partial charge in [-0.15, -0.1) is 0 Å². The van der Waals surface area contributed by atoms with E-state index in [0.29, 0.717) is 12.8 Å². The van der Waals surface area contributed by atoms with Crippen molar-refractivity contribution in [2.75, 3.05) is 6.61 Å². The highest BCUT2D eigenvalue weighted by Crippen LogP contribution is 2.14. The normalized spacial score (nSPS) is 13.1. The predicted octanol–water partition coefficient (Wildman–Crippen LogP) is 8.62. The second-order valence-electron chi connectivity index (χ2n) is 10.9. The number of unbranched alkanes of at least 4 members (excludes halogenated alkanes) is 21. The first-order valence-corrected chi connectivity index (χ1v) is 15.7. The van der Waals surface area contributed by atoms with Gasteiger partial charge in [-0.3, -0.25) is 4.79 Å². The quantitative estimate of drug-likeness (QED) is 0.0947. The number of carbonyl (C=O) groups is 1. The summed E-state index contributed by atoms with van der Waals surface area (Å²) in [7, 11) is 0. The van der Waals surface area contributed by atoms with Crippen molar-refractivity contribution in [1.82, 2.24) is 5.32 Å². The van der Waals surface area contributed by atoms with E-state index in [2.05, 4.69) is 19.2 Å². The summed E-state index contributed by atoms with van der Waals surface area (Å²) in [6.45, 7) is 4.32. The third-order valence-corrected chi connectivity index (χ3v) is 7.37. The average Bonchev–Trinajstić information content (AvgIpc) is 2.86. The van der Waals surface area contributed by atoms with Crippen LogP contribution in [0.25, 0.3) is 0 Å². The molecule has 0 heterocycles. The molecule has 0 fully saturated rings. The number of amides is 1. The minimum absolute atomic E-state index is 0.0336. The van der Waals surface area contributed by atoms with Gasteiger partial charge in [0.1, 0.15) is 0 Å². The van der Waals surface area contributed by atoms with Crippen LogP contribution in [-0.2, 0) is 4.79 Å². The molecule has 210 valence electrons. The first-order chi connectivity index (χ1) is 17.2. The molecule has 0 aliphatic heterocycles. The Balaban J connectivity index is 3.53. The van der Waals surface area contributed by atoms with E-state index in [1.165, 1.54) is 122 Å². The Hall–Kier alpha value is -0.610. The fourth-order valence-electron chi connectivity index (χ4n) is 4.89. The first-order valence-electron chi connectivity index (χ1n) is 15.7. The van der Waals surface area contributed by atoms with E-state index in [1.807, 2.05) is 0 Å². The maximum absolute atomic E-state index is 12.2. The lowest BCUT2D eigenvalue weighted by Gasteiger charge is -2.22. The Morgan fingerprint density at radius 1 is 0.571 bits per heavy atom. The fraction of sp³-hybridized carbons (Fsp3) is 0.968. The maximum atomic E-state index is 12.2. The van der Waals surface area contributed by atoms with Gasteiger partial charge in [0.2, 0.25) is 5.91 Å². The van der Waals surface area contributed by atoms with Crippen molar-refractivity contribution >= 4 is 5.91 Å². The maximum Gasteiger partial charge on any atom is 0.220 e. The lowest BCUT2D eigenvalue weighted by Crippen LogP contribution is -2.45. The lowest BCUT2D eigenvalue weighted by molar-refractivity contribution is -0.123. The first kappa shape index (κ1) is 34.4. The van der Waals surface area contributed by atoms with Gasteiger partial charge in [0.05, 0.1) is 18.8 Å². The lowest BCUT2D eigenvalue weighted by atomic mass is 10.0. The number of hydrogen-bond acceptors (Lipinski definition) is 3. The van der Waals surface area contributed by atoms with Gasteiger partial charge >= 0.3 is 0 Å². The monoisotopic (exact) mass is 497 g/mol. The van der Waals surface area contributed by atoms with Gasteiger partial charge in [0.15, 0.2) is 0 Å². The molecular weight excluding hydrogens is 434 g/mol. The highest BCUT2D eigenvalue weighted by atomic mass is 16.3. The molecule has 0 aromatic rings. The number of rotatable bonds is 28. The largest absolute Gasteiger partial charge is 0.394 e. The molecule has 2 atom stereocenters. The second kappa shape index (κ2) is 28.0. The summed E-state index contributed by atoms with van der Waals surface area (Å²) < 4.78 is 0. The van der Waals surface area contributed by atoms with Crippen LogP contribution in [0.1, 0.15) is 174 Å². The minimum atomic E-state index is -0.648. The highest BCUT2D eigenvalue weighted by molar-refractivity contribution is 5.76. The van der Waals surface area contributed by atoms with Crippen LogP contribution < -0.4 is 5.32 Å². The molecule has 3 N–H and O–H groups in total. The molecule has 0 rings (SSSR count). The van der Waals surface area contributed by atoms with Crippen molar-refractivity contribution in [2.24, 2.45) is 0 Å². The van der Waals surface area contributed by atoms with Gasteiger partial charge < -0.3 is 15.5 Å². The molecule has 0 aliphatic rings. The molecule has 0 aliphatic carbocycles. The SMILES string of the molecule is CCCCCCCCCCCCCCCCCC(=O)NC(CO)C(O)CCCCCCCCCC. The van der Waals surface area contributed by atoms with E-state index in [4.69, 9.17) is 0 Å². The van der Waals surface area contributed by atoms with E-state index in [0.717, 1.165) is 25.7 Å². The van der Waals surface area contributed by atoms with Crippen LogP contribution in [-0.4, -0.2) is 34.9 Å². The summed E-state index contributed by atoms with van der Waals surface area (Å²) in [6, 6.07) is -0.525. The summed E-state index contributed by atoms with van der Waals surface area (Å²) in [6.07, 6.45) is 30.0. The van der Waals surface area contributed by atoms with Crippen LogP contribution in [0.2, 0.25) is 0 Å². The van der Waals surface area contributed by atoms with Gasteiger partial charge in [0, 0.05) is 6.42 Å². The molecule has 0 saturated carbocycles. The molecule has 4 heteroatoms. The van der Waals surface area contributed by atoms with Crippen LogP contribution in [0.4, 0.5) is 0 Å². The second-order valence-corrected chi connectivity index (χ2v) is 10.9. The van der Waals surface area contributed by atoms with Crippen molar-refractivity contribution in [3.05, 3.63) is 0 Å². The Kier molecular flexibility index (Phi) is 27.5. The minimum Gasteiger partial charge on any atom is -0.394 e. The molecule has 0 saturated heterocycles. The van der Waals surface area contributed by atoms with Crippen molar-refractivity contribution in [3.8, 4) is 0 Å². The topological polar surface area (TPSA) is 69.6 Å².